The molecule has 0 atom stereocenters. The number of furan rings is 1. The van der Waals surface area contributed by atoms with E-state index in [1.165, 1.54) is 22.9 Å². The highest BCUT2D eigenvalue weighted by Crippen LogP contribution is 2.35. The van der Waals surface area contributed by atoms with Crippen molar-refractivity contribution in [2.45, 2.75) is 49.6 Å². The minimum atomic E-state index is -0.273. The highest BCUT2D eigenvalue weighted by atomic mass is 32.2. The first-order valence-corrected chi connectivity index (χ1v) is 10.9. The van der Waals surface area contributed by atoms with Gasteiger partial charge in [0.2, 0.25) is 0 Å². The molecule has 0 aliphatic rings. The van der Waals surface area contributed by atoms with Gasteiger partial charge in [-0.3, -0.25) is 4.79 Å². The van der Waals surface area contributed by atoms with E-state index >= 15 is 0 Å². The van der Waals surface area contributed by atoms with Crippen LogP contribution in [0.4, 0.5) is 0 Å². The van der Waals surface area contributed by atoms with Crippen LogP contribution in [0.3, 0.4) is 0 Å². The Bertz CT molecular complexity index is 1070. The van der Waals surface area contributed by atoms with E-state index < -0.39 is 0 Å². The second-order valence-electron chi connectivity index (χ2n) is 8.31. The summed E-state index contributed by atoms with van der Waals surface area (Å²) in [7, 11) is 3.19. The summed E-state index contributed by atoms with van der Waals surface area (Å²) >= 11 is 1.53. The third-order valence-electron chi connectivity index (χ3n) is 5.00. The predicted molar refractivity (Wildman–Crippen MR) is 123 cm³/mol. The zero-order valence-corrected chi connectivity index (χ0v) is 19.7. The number of benzene rings is 2. The largest absolute Gasteiger partial charge is 0.497 e. The number of rotatable bonds is 7. The van der Waals surface area contributed by atoms with Crippen molar-refractivity contribution in [1.82, 2.24) is 5.32 Å². The Morgan fingerprint density at radius 3 is 2.48 bits per heavy atom. The number of carbonyl (C=O) groups is 1. The van der Waals surface area contributed by atoms with E-state index in [9.17, 15) is 4.79 Å². The van der Waals surface area contributed by atoms with Gasteiger partial charge in [0.05, 0.1) is 14.2 Å². The molecule has 0 saturated carbocycles. The molecule has 1 amide bonds. The van der Waals surface area contributed by atoms with Gasteiger partial charge in [0.15, 0.2) is 10.9 Å². The first kappa shape index (κ1) is 22.8. The predicted octanol–water partition coefficient (Wildman–Crippen LogP) is 5.98. The first-order chi connectivity index (χ1) is 14.7. The molecule has 3 aromatic rings. The number of amides is 1. The third kappa shape index (κ3) is 5.64. The highest BCUT2D eigenvalue weighted by molar-refractivity contribution is 7.99. The van der Waals surface area contributed by atoms with E-state index in [-0.39, 0.29) is 17.1 Å². The summed E-state index contributed by atoms with van der Waals surface area (Å²) < 4.78 is 16.4. The minimum absolute atomic E-state index is 0.0692. The quantitative estimate of drug-likeness (QED) is 0.490. The number of hydrogen-bond acceptors (Lipinski definition) is 5. The van der Waals surface area contributed by atoms with Crippen LogP contribution in [0.25, 0.3) is 0 Å². The van der Waals surface area contributed by atoms with Gasteiger partial charge in [0.1, 0.15) is 11.5 Å². The van der Waals surface area contributed by atoms with Crippen molar-refractivity contribution >= 4 is 17.7 Å². The molecule has 0 aliphatic carbocycles. The summed E-state index contributed by atoms with van der Waals surface area (Å²) in [5.74, 6) is 1.36. The van der Waals surface area contributed by atoms with Crippen molar-refractivity contribution in [3.05, 3.63) is 71.0 Å². The topological polar surface area (TPSA) is 60.7 Å². The maximum absolute atomic E-state index is 12.6. The molecule has 0 aliphatic heterocycles. The lowest BCUT2D eigenvalue weighted by Gasteiger charge is -2.20. The smallest absolute Gasteiger partial charge is 0.287 e. The fourth-order valence-electron chi connectivity index (χ4n) is 3.04. The highest BCUT2D eigenvalue weighted by Gasteiger charge is 2.17. The Morgan fingerprint density at radius 2 is 1.81 bits per heavy atom. The Hall–Kier alpha value is -2.86. The molecule has 0 unspecified atom stereocenters. The summed E-state index contributed by atoms with van der Waals surface area (Å²) in [5.41, 5.74) is 3.36. The fourth-order valence-corrected chi connectivity index (χ4v) is 3.94. The van der Waals surface area contributed by atoms with Crippen LogP contribution in [0.15, 0.2) is 62.9 Å². The summed E-state index contributed by atoms with van der Waals surface area (Å²) in [6, 6.07) is 15.5. The van der Waals surface area contributed by atoms with Gasteiger partial charge < -0.3 is 19.2 Å². The molecule has 5 nitrogen and oxygen atoms in total. The summed E-state index contributed by atoms with van der Waals surface area (Å²) in [4.78, 5) is 13.7. The number of methoxy groups -OCH3 is 2. The lowest BCUT2D eigenvalue weighted by atomic mass is 9.87. The van der Waals surface area contributed by atoms with E-state index in [4.69, 9.17) is 13.9 Å². The third-order valence-corrected chi connectivity index (χ3v) is 6.08. The Morgan fingerprint density at radius 1 is 1.03 bits per heavy atom. The van der Waals surface area contributed by atoms with Crippen LogP contribution in [-0.4, -0.2) is 20.1 Å². The van der Waals surface area contributed by atoms with Crippen molar-refractivity contribution in [1.29, 1.82) is 0 Å². The molecule has 2 aromatic carbocycles. The molecule has 31 heavy (non-hydrogen) atoms. The van der Waals surface area contributed by atoms with Gasteiger partial charge in [-0.05, 0) is 53.8 Å². The summed E-state index contributed by atoms with van der Waals surface area (Å²) in [5, 5.41) is 3.56. The van der Waals surface area contributed by atoms with Crippen molar-refractivity contribution in [3.8, 4) is 11.5 Å². The average molecular weight is 440 g/mol. The Labute approximate surface area is 188 Å². The number of aryl methyl sites for hydroxylation is 1. The van der Waals surface area contributed by atoms with Gasteiger partial charge in [-0.25, -0.2) is 0 Å². The molecule has 164 valence electrons. The number of hydrogen-bond donors (Lipinski definition) is 1. The standard InChI is InChI=1S/C25H29NO4S/c1-16-7-9-18(25(2,3)4)13-22(16)31-23-12-11-20(30-23)24(27)26-15-17-8-10-19(28-5)14-21(17)29-6/h7-14H,15H2,1-6H3,(H,26,27). The maximum atomic E-state index is 12.6. The Kier molecular flexibility index (Phi) is 7.01. The van der Waals surface area contributed by atoms with Crippen LogP contribution in [0, 0.1) is 6.92 Å². The van der Waals surface area contributed by atoms with Crippen LogP contribution in [0.2, 0.25) is 0 Å². The normalized spacial score (nSPS) is 11.3. The van der Waals surface area contributed by atoms with Gasteiger partial charge in [-0.15, -0.1) is 0 Å². The second-order valence-corrected chi connectivity index (χ2v) is 9.36. The molecule has 6 heteroatoms. The number of carbonyl (C=O) groups excluding carboxylic acids is 1. The van der Waals surface area contributed by atoms with Crippen LogP contribution in [-0.2, 0) is 12.0 Å². The van der Waals surface area contributed by atoms with E-state index in [1.807, 2.05) is 18.2 Å². The average Bonchev–Trinajstić information content (AvgIpc) is 3.21. The van der Waals surface area contributed by atoms with Gasteiger partial charge >= 0.3 is 0 Å². The van der Waals surface area contributed by atoms with E-state index in [1.54, 1.807) is 26.4 Å². The van der Waals surface area contributed by atoms with Crippen molar-refractivity contribution in [2.75, 3.05) is 14.2 Å². The van der Waals surface area contributed by atoms with Crippen molar-refractivity contribution < 1.29 is 18.7 Å². The molecule has 3 rings (SSSR count). The van der Waals surface area contributed by atoms with Gasteiger partial charge in [0.25, 0.3) is 5.91 Å². The molecule has 0 fully saturated rings. The molecular weight excluding hydrogens is 410 g/mol. The SMILES string of the molecule is COc1ccc(CNC(=O)c2ccc(Sc3cc(C(C)(C)C)ccc3C)o2)c(OC)c1. The van der Waals surface area contributed by atoms with E-state index in [0.717, 1.165) is 10.5 Å². The first-order valence-electron chi connectivity index (χ1n) is 10.1. The van der Waals surface area contributed by atoms with Crippen molar-refractivity contribution in [3.63, 3.8) is 0 Å². The monoisotopic (exact) mass is 439 g/mol. The zero-order chi connectivity index (χ0) is 22.6. The molecule has 0 bridgehead atoms. The van der Waals surface area contributed by atoms with Crippen LogP contribution < -0.4 is 14.8 Å². The van der Waals surface area contributed by atoms with Gasteiger partial charge in [-0.1, -0.05) is 44.7 Å². The number of nitrogens with one attached hydrogen (secondary N) is 1. The lowest BCUT2D eigenvalue weighted by Crippen LogP contribution is -2.22. The second kappa shape index (κ2) is 9.52. The minimum Gasteiger partial charge on any atom is -0.497 e. The lowest BCUT2D eigenvalue weighted by molar-refractivity contribution is 0.0918. The van der Waals surface area contributed by atoms with Crippen LogP contribution in [0.1, 0.15) is 48.0 Å². The van der Waals surface area contributed by atoms with Crippen LogP contribution >= 0.6 is 11.8 Å². The number of ether oxygens (including phenoxy) is 2. The fraction of sp³-hybridized carbons (Fsp3) is 0.320. The molecular formula is C25H29NO4S. The van der Waals surface area contributed by atoms with Gasteiger partial charge in [0, 0.05) is 23.1 Å². The summed E-state index contributed by atoms with van der Waals surface area (Å²) in [6.07, 6.45) is 0. The molecule has 1 N–H and O–H groups in total. The summed E-state index contributed by atoms with van der Waals surface area (Å²) in [6.45, 7) is 8.98. The molecule has 1 aromatic heterocycles. The van der Waals surface area contributed by atoms with E-state index in [0.29, 0.717) is 23.1 Å². The van der Waals surface area contributed by atoms with Crippen LogP contribution in [0.5, 0.6) is 11.5 Å². The van der Waals surface area contributed by atoms with Crippen molar-refractivity contribution in [2.24, 2.45) is 0 Å². The van der Waals surface area contributed by atoms with E-state index in [2.05, 4.69) is 51.2 Å². The zero-order valence-electron chi connectivity index (χ0n) is 18.9. The molecule has 0 saturated heterocycles. The maximum Gasteiger partial charge on any atom is 0.287 e. The Balaban J connectivity index is 1.68. The molecule has 0 radical (unpaired) electrons. The molecule has 0 spiro atoms. The van der Waals surface area contributed by atoms with Gasteiger partial charge in [-0.2, -0.15) is 0 Å². The molecule has 1 heterocycles.